The third-order valence-corrected chi connectivity index (χ3v) is 5.87. The molecule has 0 radical (unpaired) electrons. The molecule has 0 saturated carbocycles. The molecule has 2 saturated heterocycles. The van der Waals surface area contributed by atoms with Crippen molar-refractivity contribution in [1.82, 2.24) is 4.90 Å². The number of hydrogen-bond acceptors (Lipinski definition) is 7. The highest BCUT2D eigenvalue weighted by Gasteiger charge is 2.43. The Labute approximate surface area is 186 Å². The van der Waals surface area contributed by atoms with Gasteiger partial charge in [-0.2, -0.15) is 0 Å². The molecule has 2 aliphatic rings. The van der Waals surface area contributed by atoms with Crippen LogP contribution in [0.15, 0.2) is 48.5 Å². The number of imide groups is 1. The summed E-state index contributed by atoms with van der Waals surface area (Å²) in [7, 11) is 0. The number of esters is 1. The van der Waals surface area contributed by atoms with Crippen LogP contribution in [0.2, 0.25) is 0 Å². The van der Waals surface area contributed by atoms with Gasteiger partial charge in [-0.15, -0.1) is 0 Å². The van der Waals surface area contributed by atoms with Crippen LogP contribution in [0.25, 0.3) is 0 Å². The van der Waals surface area contributed by atoms with Gasteiger partial charge in [0.2, 0.25) is 5.91 Å². The predicted molar refractivity (Wildman–Crippen MR) is 119 cm³/mol. The zero-order valence-corrected chi connectivity index (χ0v) is 18.1. The Hall–Kier alpha value is -3.52. The topological polar surface area (TPSA) is 87.2 Å². The van der Waals surface area contributed by atoms with E-state index in [0.717, 1.165) is 18.8 Å². The van der Waals surface area contributed by atoms with Crippen LogP contribution in [0.5, 0.6) is 5.75 Å². The van der Waals surface area contributed by atoms with E-state index < -0.39 is 12.0 Å². The number of nitrogens with zero attached hydrogens (tertiary/aromatic N) is 3. The molecule has 0 N–H and O–H groups in total. The van der Waals surface area contributed by atoms with Gasteiger partial charge in [0.15, 0.2) is 5.78 Å². The Balaban J connectivity index is 1.39. The molecule has 0 spiro atoms. The second-order valence-electron chi connectivity index (χ2n) is 8.00. The lowest BCUT2D eigenvalue weighted by Gasteiger charge is -2.38. The van der Waals surface area contributed by atoms with E-state index in [9.17, 15) is 19.2 Å². The van der Waals surface area contributed by atoms with Gasteiger partial charge >= 0.3 is 5.97 Å². The van der Waals surface area contributed by atoms with Gasteiger partial charge < -0.3 is 9.64 Å². The van der Waals surface area contributed by atoms with E-state index in [0.29, 0.717) is 30.1 Å². The third-order valence-electron chi connectivity index (χ3n) is 5.87. The fourth-order valence-corrected chi connectivity index (χ4v) is 4.20. The van der Waals surface area contributed by atoms with Crippen molar-refractivity contribution in [3.63, 3.8) is 0 Å². The molecule has 0 unspecified atom stereocenters. The van der Waals surface area contributed by atoms with Crippen molar-refractivity contribution in [1.29, 1.82) is 0 Å². The van der Waals surface area contributed by atoms with Crippen LogP contribution in [0, 0.1) is 0 Å². The average molecular weight is 435 g/mol. The van der Waals surface area contributed by atoms with Crippen LogP contribution in [0.4, 0.5) is 11.4 Å². The van der Waals surface area contributed by atoms with Crippen molar-refractivity contribution in [3.8, 4) is 5.75 Å². The van der Waals surface area contributed by atoms with Gasteiger partial charge in [-0.1, -0.05) is 0 Å². The monoisotopic (exact) mass is 435 g/mol. The van der Waals surface area contributed by atoms with Gasteiger partial charge in [-0.05, 0) is 55.5 Å². The SMILES string of the molecule is CC(=O)Oc1ccc(N2C(=O)C[C@@H](N3CCN(c4ccc(C(C)=O)cc4)CC3)C2=O)cc1. The van der Waals surface area contributed by atoms with Crippen molar-refractivity contribution in [2.24, 2.45) is 0 Å². The number of Topliss-reactive ketones (excluding diaryl/α,β-unsaturated/α-hetero) is 1. The predicted octanol–water partition coefficient (Wildman–Crippen LogP) is 2.27. The zero-order chi connectivity index (χ0) is 22.8. The summed E-state index contributed by atoms with van der Waals surface area (Å²) in [6.07, 6.45) is 0.151. The fraction of sp³-hybridized carbons (Fsp3) is 0.333. The van der Waals surface area contributed by atoms with Crippen molar-refractivity contribution < 1.29 is 23.9 Å². The summed E-state index contributed by atoms with van der Waals surface area (Å²) in [5, 5.41) is 0. The number of piperazine rings is 1. The minimum atomic E-state index is -0.474. The highest BCUT2D eigenvalue weighted by atomic mass is 16.5. The number of benzene rings is 2. The lowest BCUT2D eigenvalue weighted by molar-refractivity contribution is -0.132. The maximum atomic E-state index is 13.1. The normalized spacial score (nSPS) is 19.4. The van der Waals surface area contributed by atoms with Crippen LogP contribution < -0.4 is 14.5 Å². The molecule has 8 heteroatoms. The van der Waals surface area contributed by atoms with Crippen LogP contribution in [0.1, 0.15) is 30.6 Å². The molecule has 0 bridgehead atoms. The first kappa shape index (κ1) is 21.7. The Morgan fingerprint density at radius 3 is 2.00 bits per heavy atom. The van der Waals surface area contributed by atoms with Crippen LogP contribution >= 0.6 is 0 Å². The van der Waals surface area contributed by atoms with Crippen molar-refractivity contribution in [2.75, 3.05) is 36.0 Å². The van der Waals surface area contributed by atoms with E-state index in [2.05, 4.69) is 9.80 Å². The number of rotatable bonds is 5. The Kier molecular flexibility index (Phi) is 6.05. The number of ether oxygens (including phenoxy) is 1. The van der Waals surface area contributed by atoms with Gasteiger partial charge in [0, 0.05) is 44.4 Å². The van der Waals surface area contributed by atoms with Gasteiger partial charge in [0.1, 0.15) is 5.75 Å². The highest BCUT2D eigenvalue weighted by Crippen LogP contribution is 2.28. The largest absolute Gasteiger partial charge is 0.427 e. The minimum Gasteiger partial charge on any atom is -0.427 e. The molecule has 2 amide bonds. The summed E-state index contributed by atoms with van der Waals surface area (Å²) < 4.78 is 5.01. The molecule has 2 aliphatic heterocycles. The molecule has 4 rings (SSSR count). The lowest BCUT2D eigenvalue weighted by atomic mass is 10.1. The Morgan fingerprint density at radius 2 is 1.44 bits per heavy atom. The van der Waals surface area contributed by atoms with Crippen molar-refractivity contribution in [3.05, 3.63) is 54.1 Å². The summed E-state index contributed by atoms with van der Waals surface area (Å²) in [6.45, 7) is 5.65. The molecule has 0 aliphatic carbocycles. The lowest BCUT2D eigenvalue weighted by Crippen LogP contribution is -2.52. The molecule has 2 aromatic rings. The second-order valence-corrected chi connectivity index (χ2v) is 8.00. The molecule has 2 fully saturated rings. The molecule has 32 heavy (non-hydrogen) atoms. The molecular formula is C24H25N3O5. The molecular weight excluding hydrogens is 410 g/mol. The third kappa shape index (κ3) is 4.40. The number of carbonyl (C=O) groups excluding carboxylic acids is 4. The van der Waals surface area contributed by atoms with Gasteiger partial charge in [-0.3, -0.25) is 24.1 Å². The van der Waals surface area contributed by atoms with Crippen molar-refractivity contribution >= 4 is 34.9 Å². The molecule has 0 aromatic heterocycles. The zero-order valence-electron chi connectivity index (χ0n) is 18.1. The standard InChI is InChI=1S/C24H25N3O5/c1-16(28)18-3-5-19(6-4-18)25-11-13-26(14-12-25)22-15-23(30)27(24(22)31)20-7-9-21(10-8-20)32-17(2)29/h3-10,22H,11-15H2,1-2H3/t22-/m1/s1. The maximum Gasteiger partial charge on any atom is 0.308 e. The number of carbonyl (C=O) groups is 4. The molecule has 1 atom stereocenters. The minimum absolute atomic E-state index is 0.0383. The maximum absolute atomic E-state index is 13.1. The molecule has 2 heterocycles. The van der Waals surface area contributed by atoms with Crippen LogP contribution in [0.3, 0.4) is 0 Å². The molecule has 8 nitrogen and oxygen atoms in total. The number of anilines is 2. The van der Waals surface area contributed by atoms with Crippen LogP contribution in [-0.4, -0.2) is 60.7 Å². The molecule has 2 aromatic carbocycles. The summed E-state index contributed by atoms with van der Waals surface area (Å²) in [5.41, 5.74) is 2.20. The quantitative estimate of drug-likeness (QED) is 0.308. The molecule has 166 valence electrons. The summed E-state index contributed by atoms with van der Waals surface area (Å²) in [6, 6.07) is 13.4. The first-order valence-corrected chi connectivity index (χ1v) is 10.6. The van der Waals surface area contributed by atoms with Gasteiger partial charge in [0.05, 0.1) is 18.2 Å². The fourth-order valence-electron chi connectivity index (χ4n) is 4.20. The summed E-state index contributed by atoms with van der Waals surface area (Å²) in [4.78, 5) is 53.7. The van der Waals surface area contributed by atoms with E-state index in [1.807, 2.05) is 24.3 Å². The second kappa shape index (κ2) is 8.92. The smallest absolute Gasteiger partial charge is 0.308 e. The highest BCUT2D eigenvalue weighted by molar-refractivity contribution is 6.22. The number of amides is 2. The van der Waals surface area contributed by atoms with E-state index in [4.69, 9.17) is 4.74 Å². The average Bonchev–Trinajstić information content (AvgIpc) is 3.08. The van der Waals surface area contributed by atoms with Crippen molar-refractivity contribution in [2.45, 2.75) is 26.3 Å². The summed E-state index contributed by atoms with van der Waals surface area (Å²) in [5.74, 6) is -0.488. The van der Waals surface area contributed by atoms with E-state index in [-0.39, 0.29) is 24.0 Å². The van der Waals surface area contributed by atoms with Gasteiger partial charge in [0.25, 0.3) is 5.91 Å². The van der Waals surface area contributed by atoms with Gasteiger partial charge in [-0.25, -0.2) is 4.90 Å². The van der Waals surface area contributed by atoms with Crippen LogP contribution in [-0.2, 0) is 14.4 Å². The first-order chi connectivity index (χ1) is 15.3. The van der Waals surface area contributed by atoms with E-state index >= 15 is 0 Å². The van der Waals surface area contributed by atoms with E-state index in [1.54, 1.807) is 31.2 Å². The summed E-state index contributed by atoms with van der Waals surface area (Å²) >= 11 is 0. The Morgan fingerprint density at radius 1 is 0.844 bits per heavy atom. The number of ketones is 1. The number of hydrogen-bond donors (Lipinski definition) is 0. The first-order valence-electron chi connectivity index (χ1n) is 10.6. The Bertz CT molecular complexity index is 1040. The van der Waals surface area contributed by atoms with E-state index in [1.165, 1.54) is 11.8 Å².